The van der Waals surface area contributed by atoms with Gasteiger partial charge in [0, 0.05) is 18.6 Å². The van der Waals surface area contributed by atoms with E-state index in [1.165, 1.54) is 0 Å². The van der Waals surface area contributed by atoms with Gasteiger partial charge in [-0.3, -0.25) is 0 Å². The van der Waals surface area contributed by atoms with Crippen LogP contribution in [0.3, 0.4) is 0 Å². The molecule has 0 N–H and O–H groups in total. The van der Waals surface area contributed by atoms with Crippen LogP contribution in [0.4, 0.5) is 22.0 Å². The van der Waals surface area contributed by atoms with Gasteiger partial charge in [0.25, 0.3) is 6.08 Å². The highest BCUT2D eigenvalue weighted by atomic mass is 35.5. The summed E-state index contributed by atoms with van der Waals surface area (Å²) >= 11 is 5.84. The Balaban J connectivity index is 2.83. The zero-order valence-electron chi connectivity index (χ0n) is 14.0. The average Bonchev–Trinajstić information content (AvgIpc) is 2.50. The van der Waals surface area contributed by atoms with Gasteiger partial charge in [-0.15, -0.1) is 0 Å². The third-order valence-corrected chi connectivity index (χ3v) is 2.96. The number of alkyl halides is 3. The largest absolute Gasteiger partial charge is 0.491 e. The van der Waals surface area contributed by atoms with Crippen molar-refractivity contribution in [1.29, 1.82) is 0 Å². The van der Waals surface area contributed by atoms with Gasteiger partial charge < -0.3 is 14.3 Å². The first-order chi connectivity index (χ1) is 12.1. The van der Waals surface area contributed by atoms with Crippen molar-refractivity contribution < 1.29 is 36.3 Å². The quantitative estimate of drug-likeness (QED) is 0.231. The van der Waals surface area contributed by atoms with E-state index in [0.717, 1.165) is 6.07 Å². The van der Waals surface area contributed by atoms with Crippen LogP contribution in [0.1, 0.15) is 25.8 Å². The summed E-state index contributed by atoms with van der Waals surface area (Å²) in [5.74, 6) is -0.864. The second-order valence-corrected chi connectivity index (χ2v) is 5.57. The topological polar surface area (TPSA) is 40.0 Å². The molecular weight excluding hydrogens is 385 g/mol. The van der Waals surface area contributed by atoms with Gasteiger partial charge in [0.1, 0.15) is 30.3 Å². The number of ether oxygens (including phenoxy) is 2. The zero-order chi connectivity index (χ0) is 19.7. The van der Waals surface area contributed by atoms with Gasteiger partial charge in [-0.05, 0) is 19.9 Å². The number of hydrogen-bond donors (Lipinski definition) is 0. The highest BCUT2D eigenvalue weighted by Crippen LogP contribution is 2.43. The van der Waals surface area contributed by atoms with E-state index in [1.807, 2.05) is 0 Å². The Morgan fingerprint density at radius 2 is 1.85 bits per heavy atom. The van der Waals surface area contributed by atoms with Gasteiger partial charge in [-0.25, -0.2) is 0 Å². The Morgan fingerprint density at radius 1 is 1.15 bits per heavy atom. The van der Waals surface area contributed by atoms with Gasteiger partial charge in [-0.2, -0.15) is 22.0 Å². The number of oxime groups is 1. The summed E-state index contributed by atoms with van der Waals surface area (Å²) in [7, 11) is 0. The van der Waals surface area contributed by atoms with Crippen LogP contribution in [-0.2, 0) is 11.0 Å². The molecule has 0 aromatic heterocycles. The molecule has 146 valence electrons. The summed E-state index contributed by atoms with van der Waals surface area (Å²) in [6.07, 6.45) is -6.06. The minimum Gasteiger partial charge on any atom is -0.491 e. The Morgan fingerprint density at radius 3 is 2.42 bits per heavy atom. The summed E-state index contributed by atoms with van der Waals surface area (Å²) in [4.78, 5) is 4.91. The molecule has 0 saturated heterocycles. The van der Waals surface area contributed by atoms with Crippen molar-refractivity contribution in [3.63, 3.8) is 0 Å². The number of benzene rings is 1. The van der Waals surface area contributed by atoms with E-state index in [9.17, 15) is 22.0 Å². The van der Waals surface area contributed by atoms with E-state index >= 15 is 0 Å². The fourth-order valence-corrected chi connectivity index (χ4v) is 1.95. The van der Waals surface area contributed by atoms with E-state index in [-0.39, 0.29) is 30.4 Å². The molecule has 0 unspecified atom stereocenters. The monoisotopic (exact) mass is 401 g/mol. The fourth-order valence-electron chi connectivity index (χ4n) is 1.68. The molecule has 1 aromatic rings. The normalized spacial score (nSPS) is 10.9. The van der Waals surface area contributed by atoms with E-state index in [1.54, 1.807) is 13.8 Å². The van der Waals surface area contributed by atoms with Crippen LogP contribution >= 0.6 is 11.6 Å². The highest BCUT2D eigenvalue weighted by Gasteiger charge is 2.36. The molecule has 1 rings (SSSR count). The first kappa shape index (κ1) is 22.0. The van der Waals surface area contributed by atoms with E-state index in [0.29, 0.717) is 17.9 Å². The molecule has 0 bridgehead atoms. The Bertz CT molecular complexity index is 654. The van der Waals surface area contributed by atoms with Crippen LogP contribution in [-0.4, -0.2) is 25.5 Å². The molecular formula is C16H17ClF5NO3. The van der Waals surface area contributed by atoms with Crippen LogP contribution < -0.4 is 9.47 Å². The van der Waals surface area contributed by atoms with Crippen LogP contribution in [0.25, 0.3) is 0 Å². The second kappa shape index (κ2) is 10.2. The molecule has 0 atom stereocenters. The molecule has 10 heteroatoms. The fraction of sp³-hybridized carbons (Fsp3) is 0.438. The van der Waals surface area contributed by atoms with Crippen molar-refractivity contribution >= 4 is 17.3 Å². The molecule has 0 heterocycles. The summed E-state index contributed by atoms with van der Waals surface area (Å²) in [5, 5.41) is 3.33. The SMILES string of the molecule is CC(C)=NOCCCOc1c(Cl)cc(OCC=C(F)F)cc1C(F)(F)F. The Hall–Kier alpha value is -2.03. The summed E-state index contributed by atoms with van der Waals surface area (Å²) in [6.45, 7) is 2.94. The molecule has 0 radical (unpaired) electrons. The van der Waals surface area contributed by atoms with E-state index < -0.39 is 30.2 Å². The third-order valence-electron chi connectivity index (χ3n) is 2.68. The van der Waals surface area contributed by atoms with Gasteiger partial charge >= 0.3 is 6.18 Å². The Kier molecular flexibility index (Phi) is 8.64. The highest BCUT2D eigenvalue weighted by molar-refractivity contribution is 6.32. The van der Waals surface area contributed by atoms with Crippen molar-refractivity contribution in [2.24, 2.45) is 5.16 Å². The summed E-state index contributed by atoms with van der Waals surface area (Å²) in [5.41, 5.74) is -0.459. The lowest BCUT2D eigenvalue weighted by Gasteiger charge is -2.17. The van der Waals surface area contributed by atoms with Crippen molar-refractivity contribution in [1.82, 2.24) is 0 Å². The molecule has 4 nitrogen and oxygen atoms in total. The maximum Gasteiger partial charge on any atom is 0.420 e. The summed E-state index contributed by atoms with van der Waals surface area (Å²) in [6, 6.07) is 1.71. The number of rotatable bonds is 9. The van der Waals surface area contributed by atoms with Crippen LogP contribution in [0, 0.1) is 0 Å². The smallest absolute Gasteiger partial charge is 0.420 e. The first-order valence-corrected chi connectivity index (χ1v) is 7.79. The molecule has 1 aromatic carbocycles. The molecule has 0 amide bonds. The van der Waals surface area contributed by atoms with Crippen molar-refractivity contribution in [2.75, 3.05) is 19.8 Å². The third kappa shape index (κ3) is 7.90. The van der Waals surface area contributed by atoms with Gasteiger partial charge in [0.15, 0.2) is 0 Å². The maximum absolute atomic E-state index is 13.2. The van der Waals surface area contributed by atoms with Gasteiger partial charge in [0.2, 0.25) is 0 Å². The lowest BCUT2D eigenvalue weighted by atomic mass is 10.1. The molecule has 26 heavy (non-hydrogen) atoms. The first-order valence-electron chi connectivity index (χ1n) is 7.42. The predicted molar refractivity (Wildman–Crippen MR) is 87.1 cm³/mol. The number of hydrogen-bond acceptors (Lipinski definition) is 4. The lowest BCUT2D eigenvalue weighted by molar-refractivity contribution is -0.139. The molecule has 0 aliphatic heterocycles. The summed E-state index contributed by atoms with van der Waals surface area (Å²) < 4.78 is 73.5. The minimum atomic E-state index is -4.76. The lowest BCUT2D eigenvalue weighted by Crippen LogP contribution is -2.11. The molecule has 0 fully saturated rings. The second-order valence-electron chi connectivity index (χ2n) is 5.16. The molecule has 0 aliphatic rings. The minimum absolute atomic E-state index is 0.0862. The zero-order valence-corrected chi connectivity index (χ0v) is 14.8. The number of halogens is 6. The van der Waals surface area contributed by atoms with Crippen molar-refractivity contribution in [3.05, 3.63) is 34.9 Å². The van der Waals surface area contributed by atoms with Crippen LogP contribution in [0.15, 0.2) is 29.4 Å². The average molecular weight is 402 g/mol. The standard InChI is InChI=1S/C16H17ClF5NO3/c1-10(2)23-26-6-3-5-25-15-12(16(20,21)22)8-11(9-13(15)17)24-7-4-14(18)19/h4,8-9H,3,5-7H2,1-2H3. The molecule has 0 spiro atoms. The predicted octanol–water partition coefficient (Wildman–Crippen LogP) is 5.70. The van der Waals surface area contributed by atoms with Crippen LogP contribution in [0.5, 0.6) is 11.5 Å². The van der Waals surface area contributed by atoms with Crippen molar-refractivity contribution in [2.45, 2.75) is 26.4 Å². The maximum atomic E-state index is 13.2. The molecule has 0 aliphatic carbocycles. The molecule has 0 saturated carbocycles. The van der Waals surface area contributed by atoms with Gasteiger partial charge in [-0.1, -0.05) is 16.8 Å². The van der Waals surface area contributed by atoms with Gasteiger partial charge in [0.05, 0.1) is 17.3 Å². The Labute approximate surface area is 152 Å². The van der Waals surface area contributed by atoms with E-state index in [2.05, 4.69) is 5.16 Å². The van der Waals surface area contributed by atoms with Crippen molar-refractivity contribution in [3.8, 4) is 11.5 Å². The number of nitrogens with zero attached hydrogens (tertiary/aromatic N) is 1. The van der Waals surface area contributed by atoms with Crippen LogP contribution in [0.2, 0.25) is 5.02 Å². The van der Waals surface area contributed by atoms with E-state index in [4.69, 9.17) is 25.9 Å².